The summed E-state index contributed by atoms with van der Waals surface area (Å²) in [6, 6.07) is 14.6. The molecule has 1 atom stereocenters. The number of nitrogens with one attached hydrogen (secondary N) is 2. The first-order chi connectivity index (χ1) is 16.2. The number of aromatic nitrogens is 2. The highest BCUT2D eigenvalue weighted by molar-refractivity contribution is 7.98. The molecule has 2 heterocycles. The molecule has 1 unspecified atom stereocenters. The second-order valence-corrected chi connectivity index (χ2v) is 9.92. The highest BCUT2D eigenvalue weighted by Gasteiger charge is 2.36. The molecule has 0 aliphatic carbocycles. The second kappa shape index (κ2) is 10.3. The third-order valence-corrected chi connectivity index (χ3v) is 6.85. The predicted octanol–water partition coefficient (Wildman–Crippen LogP) is 6.15. The third-order valence-electron chi connectivity index (χ3n) is 5.31. The molecular formula is C25H23Cl2N3O3S. The van der Waals surface area contributed by atoms with Gasteiger partial charge in [-0.05, 0) is 50.1 Å². The Labute approximate surface area is 211 Å². The molecule has 1 aliphatic heterocycles. The van der Waals surface area contributed by atoms with Crippen LogP contribution in [0.5, 0.6) is 0 Å². The third kappa shape index (κ3) is 5.17. The van der Waals surface area contributed by atoms with Crippen LogP contribution < -0.4 is 10.9 Å². The smallest absolute Gasteiger partial charge is 0.337 e. The number of benzene rings is 2. The number of hydrogen-bond acceptors (Lipinski definition) is 6. The fraction of sp³-hybridized carbons (Fsp3) is 0.240. The van der Waals surface area contributed by atoms with Crippen molar-refractivity contribution in [3.63, 3.8) is 0 Å². The van der Waals surface area contributed by atoms with Crippen LogP contribution in [0.2, 0.25) is 10.0 Å². The van der Waals surface area contributed by atoms with Crippen LogP contribution in [0, 0.1) is 0 Å². The van der Waals surface area contributed by atoms with E-state index in [0.717, 1.165) is 11.1 Å². The Balaban J connectivity index is 1.76. The lowest BCUT2D eigenvalue weighted by atomic mass is 9.82. The van der Waals surface area contributed by atoms with Gasteiger partial charge in [0.25, 0.3) is 5.56 Å². The van der Waals surface area contributed by atoms with Gasteiger partial charge in [0.1, 0.15) is 5.82 Å². The number of rotatable bonds is 6. The number of nitrogens with zero attached hydrogens (tertiary/aromatic N) is 1. The molecule has 2 aromatic carbocycles. The van der Waals surface area contributed by atoms with E-state index in [0.29, 0.717) is 43.6 Å². The van der Waals surface area contributed by atoms with Crippen LogP contribution in [0.25, 0.3) is 0 Å². The number of thioether (sulfide) groups is 1. The van der Waals surface area contributed by atoms with Crippen LogP contribution >= 0.6 is 35.0 Å². The average molecular weight is 516 g/mol. The van der Waals surface area contributed by atoms with E-state index in [1.807, 2.05) is 24.3 Å². The molecule has 0 fully saturated rings. The van der Waals surface area contributed by atoms with E-state index in [-0.39, 0.29) is 11.7 Å². The Hall–Kier alpha value is -2.74. The summed E-state index contributed by atoms with van der Waals surface area (Å²) in [7, 11) is 0. The van der Waals surface area contributed by atoms with Crippen LogP contribution in [0.3, 0.4) is 0 Å². The Morgan fingerprint density at radius 3 is 2.53 bits per heavy atom. The molecular weight excluding hydrogens is 493 g/mol. The standard InChI is InChI=1S/C25H23Cl2N3O3S/c1-13(2)33-24(32)19-14(3)28-22-21(20(19)15-8-10-17(26)11-9-15)23(31)30-25(29-22)34-12-16-6-4-5-7-18(16)27/h4-11,13,20H,12H2,1-3H3,(H2,28,29,30,31). The molecule has 3 aromatic rings. The molecule has 34 heavy (non-hydrogen) atoms. The van der Waals surface area contributed by atoms with Gasteiger partial charge < -0.3 is 15.0 Å². The van der Waals surface area contributed by atoms with E-state index in [1.54, 1.807) is 45.0 Å². The Morgan fingerprint density at radius 2 is 1.85 bits per heavy atom. The van der Waals surface area contributed by atoms with Gasteiger partial charge in [-0.3, -0.25) is 4.79 Å². The van der Waals surface area contributed by atoms with Crippen molar-refractivity contribution < 1.29 is 9.53 Å². The van der Waals surface area contributed by atoms with Gasteiger partial charge >= 0.3 is 5.97 Å². The lowest BCUT2D eigenvalue weighted by Crippen LogP contribution is -2.31. The summed E-state index contributed by atoms with van der Waals surface area (Å²) < 4.78 is 5.50. The predicted molar refractivity (Wildman–Crippen MR) is 137 cm³/mol. The molecule has 0 amide bonds. The number of ether oxygens (including phenoxy) is 1. The fourth-order valence-electron chi connectivity index (χ4n) is 3.80. The van der Waals surface area contributed by atoms with Gasteiger partial charge in [0.15, 0.2) is 5.16 Å². The number of carbonyl (C=O) groups excluding carboxylic acids is 1. The van der Waals surface area contributed by atoms with E-state index in [1.165, 1.54) is 11.8 Å². The number of aromatic amines is 1. The van der Waals surface area contributed by atoms with Gasteiger partial charge in [-0.25, -0.2) is 9.78 Å². The topological polar surface area (TPSA) is 84.1 Å². The van der Waals surface area contributed by atoms with Crippen molar-refractivity contribution in [1.29, 1.82) is 0 Å². The SMILES string of the molecule is CC1=C(C(=O)OC(C)C)C(c2ccc(Cl)cc2)c2c(nc(SCc3ccccc3Cl)[nH]c2=O)N1. The van der Waals surface area contributed by atoms with Gasteiger partial charge in [0.2, 0.25) is 0 Å². The van der Waals surface area contributed by atoms with Crippen molar-refractivity contribution in [3.05, 3.63) is 96.9 Å². The van der Waals surface area contributed by atoms with Crippen molar-refractivity contribution >= 4 is 46.8 Å². The Kier molecular flexibility index (Phi) is 7.36. The molecule has 0 saturated heterocycles. The summed E-state index contributed by atoms with van der Waals surface area (Å²) in [4.78, 5) is 33.9. The van der Waals surface area contributed by atoms with E-state index in [2.05, 4.69) is 15.3 Å². The lowest BCUT2D eigenvalue weighted by Gasteiger charge is -2.29. The normalized spacial score (nSPS) is 15.2. The summed E-state index contributed by atoms with van der Waals surface area (Å²) in [5, 5.41) is 4.81. The van der Waals surface area contributed by atoms with E-state index < -0.39 is 11.9 Å². The van der Waals surface area contributed by atoms with E-state index in [4.69, 9.17) is 27.9 Å². The lowest BCUT2D eigenvalue weighted by molar-refractivity contribution is -0.143. The van der Waals surface area contributed by atoms with Gasteiger partial charge in [-0.2, -0.15) is 0 Å². The van der Waals surface area contributed by atoms with Crippen LogP contribution in [-0.4, -0.2) is 22.0 Å². The van der Waals surface area contributed by atoms with Crippen LogP contribution in [0.4, 0.5) is 5.82 Å². The zero-order valence-corrected chi connectivity index (χ0v) is 21.1. The van der Waals surface area contributed by atoms with Crippen molar-refractivity contribution in [3.8, 4) is 0 Å². The maximum Gasteiger partial charge on any atom is 0.337 e. The summed E-state index contributed by atoms with van der Waals surface area (Å²) in [6.45, 7) is 5.35. The van der Waals surface area contributed by atoms with Gasteiger partial charge in [-0.15, -0.1) is 0 Å². The van der Waals surface area contributed by atoms with Crippen LogP contribution in [-0.2, 0) is 15.3 Å². The van der Waals surface area contributed by atoms with Crippen LogP contribution in [0.15, 0.2) is 69.8 Å². The molecule has 0 spiro atoms. The molecule has 0 saturated carbocycles. The molecule has 2 N–H and O–H groups in total. The van der Waals surface area contributed by atoms with Crippen molar-refractivity contribution in [2.75, 3.05) is 5.32 Å². The Morgan fingerprint density at radius 1 is 1.15 bits per heavy atom. The Bertz CT molecular complexity index is 1320. The van der Waals surface area contributed by atoms with Crippen LogP contribution in [0.1, 0.15) is 43.4 Å². The first-order valence-corrected chi connectivity index (χ1v) is 12.4. The van der Waals surface area contributed by atoms with Crippen molar-refractivity contribution in [2.24, 2.45) is 0 Å². The number of allylic oxidation sites excluding steroid dienone is 1. The molecule has 176 valence electrons. The quantitative estimate of drug-likeness (QED) is 0.232. The summed E-state index contributed by atoms with van der Waals surface area (Å²) >= 11 is 13.7. The van der Waals surface area contributed by atoms with Crippen molar-refractivity contribution in [1.82, 2.24) is 9.97 Å². The molecule has 1 aliphatic rings. The number of carbonyl (C=O) groups is 1. The number of fused-ring (bicyclic) bond motifs is 1. The van der Waals surface area contributed by atoms with Gasteiger partial charge in [-0.1, -0.05) is 65.3 Å². The monoisotopic (exact) mass is 515 g/mol. The highest BCUT2D eigenvalue weighted by Crippen LogP contribution is 2.40. The van der Waals surface area contributed by atoms with E-state index >= 15 is 0 Å². The first kappa shape index (κ1) is 24.4. The maximum absolute atomic E-state index is 13.3. The number of H-pyrrole nitrogens is 1. The van der Waals surface area contributed by atoms with E-state index in [9.17, 15) is 9.59 Å². The van der Waals surface area contributed by atoms with Gasteiger partial charge in [0.05, 0.1) is 23.2 Å². The first-order valence-electron chi connectivity index (χ1n) is 10.7. The number of esters is 1. The second-order valence-electron chi connectivity index (χ2n) is 8.12. The number of hydrogen-bond donors (Lipinski definition) is 2. The molecule has 6 nitrogen and oxygen atoms in total. The number of halogens is 2. The molecule has 9 heteroatoms. The summed E-state index contributed by atoms with van der Waals surface area (Å²) in [5.41, 5.74) is 2.65. The number of anilines is 1. The molecule has 1 aromatic heterocycles. The zero-order valence-electron chi connectivity index (χ0n) is 18.8. The molecule has 0 radical (unpaired) electrons. The summed E-state index contributed by atoms with van der Waals surface area (Å²) in [6.07, 6.45) is -0.305. The summed E-state index contributed by atoms with van der Waals surface area (Å²) in [5.74, 6) is -0.187. The zero-order chi connectivity index (χ0) is 24.4. The highest BCUT2D eigenvalue weighted by atomic mass is 35.5. The van der Waals surface area contributed by atoms with Crippen molar-refractivity contribution in [2.45, 2.75) is 43.7 Å². The fourth-order valence-corrected chi connectivity index (χ4v) is 5.07. The minimum absolute atomic E-state index is 0.305. The minimum atomic E-state index is -0.654. The molecule has 4 rings (SSSR count). The minimum Gasteiger partial charge on any atom is -0.460 e. The largest absolute Gasteiger partial charge is 0.460 e. The maximum atomic E-state index is 13.3. The average Bonchev–Trinajstić information content (AvgIpc) is 2.77. The van der Waals surface area contributed by atoms with Gasteiger partial charge in [0, 0.05) is 21.5 Å². The molecule has 0 bridgehead atoms.